The van der Waals surface area contributed by atoms with Crippen LogP contribution < -0.4 is 22.4 Å². The molecule has 1 heterocycles. The number of halogens is 4. The van der Waals surface area contributed by atoms with Crippen LogP contribution in [0, 0.1) is 0 Å². The number of hydrogen-bond donors (Lipinski definition) is 1. The van der Waals surface area contributed by atoms with Crippen molar-refractivity contribution >= 4 is 12.1 Å². The zero-order chi connectivity index (χ0) is 16.0. The first-order valence-electron chi connectivity index (χ1n) is 6.38. The standard InChI is InChI=1S/C15H12F3N3O.ClH/c16-15(17,18)13-6-4-5-12(9-13)10-19-20-14(22)11-21-7-2-1-3-8-21;/h1-10H,11H2;1H/b19-10+;. The Hall–Kier alpha value is -2.41. The molecule has 0 aliphatic carbocycles. The number of carbonyl (C=O) groups excluding carboxylic acids is 1. The number of pyridine rings is 1. The lowest BCUT2D eigenvalue weighted by Crippen LogP contribution is -3.00. The van der Waals surface area contributed by atoms with E-state index in [-0.39, 0.29) is 30.4 Å². The van der Waals surface area contributed by atoms with Crippen LogP contribution in [-0.2, 0) is 17.5 Å². The van der Waals surface area contributed by atoms with E-state index in [1.54, 1.807) is 29.1 Å². The Bertz CT molecular complexity index is 675. The van der Waals surface area contributed by atoms with Gasteiger partial charge in [-0.2, -0.15) is 22.8 Å². The average Bonchev–Trinajstić information content (AvgIpc) is 2.48. The number of nitrogens with one attached hydrogen (secondary N) is 1. The molecule has 4 nitrogen and oxygen atoms in total. The van der Waals surface area contributed by atoms with Crippen molar-refractivity contribution in [2.45, 2.75) is 12.7 Å². The van der Waals surface area contributed by atoms with Gasteiger partial charge in [0, 0.05) is 12.1 Å². The zero-order valence-electron chi connectivity index (χ0n) is 11.8. The second-order valence-electron chi connectivity index (χ2n) is 4.46. The predicted octanol–water partition coefficient (Wildman–Crippen LogP) is -0.853. The lowest BCUT2D eigenvalue weighted by molar-refractivity contribution is -0.684. The highest BCUT2D eigenvalue weighted by Gasteiger charge is 2.30. The van der Waals surface area contributed by atoms with Gasteiger partial charge in [-0.1, -0.05) is 18.2 Å². The van der Waals surface area contributed by atoms with Gasteiger partial charge in [-0.05, 0) is 17.7 Å². The first-order valence-corrected chi connectivity index (χ1v) is 6.38. The van der Waals surface area contributed by atoms with Crippen LogP contribution in [0.25, 0.3) is 0 Å². The van der Waals surface area contributed by atoms with Gasteiger partial charge in [-0.15, -0.1) is 0 Å². The topological polar surface area (TPSA) is 45.3 Å². The molecule has 1 amide bonds. The number of alkyl halides is 3. The fourth-order valence-corrected chi connectivity index (χ4v) is 1.72. The van der Waals surface area contributed by atoms with Crippen LogP contribution >= 0.6 is 0 Å². The molecule has 0 bridgehead atoms. The Kier molecular flexibility index (Phi) is 6.71. The fraction of sp³-hybridized carbons (Fsp3) is 0.133. The van der Waals surface area contributed by atoms with E-state index in [1.165, 1.54) is 18.3 Å². The van der Waals surface area contributed by atoms with Gasteiger partial charge < -0.3 is 12.4 Å². The lowest BCUT2D eigenvalue weighted by Gasteiger charge is -2.06. The number of rotatable bonds is 4. The first kappa shape index (κ1) is 18.6. The van der Waals surface area contributed by atoms with E-state index in [0.717, 1.165) is 12.1 Å². The Labute approximate surface area is 137 Å². The van der Waals surface area contributed by atoms with Crippen molar-refractivity contribution in [3.63, 3.8) is 0 Å². The van der Waals surface area contributed by atoms with Crippen LogP contribution in [0.5, 0.6) is 0 Å². The predicted molar refractivity (Wildman–Crippen MR) is 73.8 cm³/mol. The number of aromatic nitrogens is 1. The number of benzene rings is 1. The average molecular weight is 344 g/mol. The van der Waals surface area contributed by atoms with Crippen LogP contribution in [0.3, 0.4) is 0 Å². The molecule has 0 unspecified atom stereocenters. The molecule has 0 fully saturated rings. The van der Waals surface area contributed by atoms with Crippen LogP contribution in [0.4, 0.5) is 13.2 Å². The molecule has 0 spiro atoms. The molecule has 0 saturated carbocycles. The first-order chi connectivity index (χ1) is 10.4. The summed E-state index contributed by atoms with van der Waals surface area (Å²) in [7, 11) is 0. The minimum Gasteiger partial charge on any atom is -1.00 e. The molecule has 23 heavy (non-hydrogen) atoms. The number of hydrogen-bond acceptors (Lipinski definition) is 2. The molecule has 2 rings (SSSR count). The van der Waals surface area contributed by atoms with Gasteiger partial charge in [0.25, 0.3) is 0 Å². The van der Waals surface area contributed by atoms with Gasteiger partial charge in [0.15, 0.2) is 12.4 Å². The summed E-state index contributed by atoms with van der Waals surface area (Å²) in [5, 5.41) is 3.66. The molecule has 0 aliphatic rings. The van der Waals surface area contributed by atoms with Crippen molar-refractivity contribution in [3.8, 4) is 0 Å². The van der Waals surface area contributed by atoms with Gasteiger partial charge in [0.2, 0.25) is 6.54 Å². The summed E-state index contributed by atoms with van der Waals surface area (Å²) in [6.45, 7) is 0.0702. The minimum atomic E-state index is -4.41. The van der Waals surface area contributed by atoms with Gasteiger partial charge in [0.1, 0.15) is 0 Å². The van der Waals surface area contributed by atoms with E-state index in [0.29, 0.717) is 0 Å². The molecule has 122 valence electrons. The van der Waals surface area contributed by atoms with Gasteiger partial charge in [-0.3, -0.25) is 4.79 Å². The SMILES string of the molecule is O=C(C[n+]1ccccc1)N/N=C/c1cccc(C(F)(F)F)c1.[Cl-]. The molecule has 0 saturated heterocycles. The van der Waals surface area contributed by atoms with E-state index in [1.807, 2.05) is 6.07 Å². The zero-order valence-corrected chi connectivity index (χ0v) is 12.6. The highest BCUT2D eigenvalue weighted by molar-refractivity contribution is 5.82. The van der Waals surface area contributed by atoms with Crippen LogP contribution in [0.1, 0.15) is 11.1 Å². The maximum Gasteiger partial charge on any atom is 0.416 e. The fourth-order valence-electron chi connectivity index (χ4n) is 1.72. The second kappa shape index (κ2) is 8.28. The van der Waals surface area contributed by atoms with E-state index < -0.39 is 11.7 Å². The third-order valence-electron chi connectivity index (χ3n) is 2.72. The number of amides is 1. The van der Waals surface area contributed by atoms with Crippen molar-refractivity contribution in [3.05, 3.63) is 66.0 Å². The van der Waals surface area contributed by atoms with Crippen molar-refractivity contribution in [2.75, 3.05) is 0 Å². The van der Waals surface area contributed by atoms with Crippen LogP contribution in [0.15, 0.2) is 60.0 Å². The molecular weight excluding hydrogens is 331 g/mol. The summed E-state index contributed by atoms with van der Waals surface area (Å²) in [5.74, 6) is -0.376. The summed E-state index contributed by atoms with van der Waals surface area (Å²) < 4.78 is 39.3. The van der Waals surface area contributed by atoms with Gasteiger partial charge >= 0.3 is 12.1 Å². The molecule has 0 atom stereocenters. The normalized spacial score (nSPS) is 11.1. The van der Waals surface area contributed by atoms with E-state index in [9.17, 15) is 18.0 Å². The third-order valence-corrected chi connectivity index (χ3v) is 2.72. The Balaban J connectivity index is 0.00000264. The summed E-state index contributed by atoms with van der Waals surface area (Å²) in [4.78, 5) is 11.6. The molecule has 0 radical (unpaired) electrons. The van der Waals surface area contributed by atoms with E-state index in [2.05, 4.69) is 10.5 Å². The number of hydrazone groups is 1. The molecule has 0 aliphatic heterocycles. The van der Waals surface area contributed by atoms with Crippen molar-refractivity contribution < 1.29 is 34.9 Å². The van der Waals surface area contributed by atoms with Crippen LogP contribution in [-0.4, -0.2) is 12.1 Å². The van der Waals surface area contributed by atoms with Crippen LogP contribution in [0.2, 0.25) is 0 Å². The molecular formula is C15H13ClF3N3O. The number of nitrogens with zero attached hydrogens (tertiary/aromatic N) is 2. The van der Waals surface area contributed by atoms with Crippen molar-refractivity contribution in [1.29, 1.82) is 0 Å². The molecule has 1 N–H and O–H groups in total. The summed E-state index contributed by atoms with van der Waals surface area (Å²) in [6.07, 6.45) is 0.200. The number of carbonyl (C=O) groups is 1. The Morgan fingerprint density at radius 2 is 1.87 bits per heavy atom. The largest absolute Gasteiger partial charge is 1.00 e. The smallest absolute Gasteiger partial charge is 0.416 e. The lowest BCUT2D eigenvalue weighted by atomic mass is 10.1. The summed E-state index contributed by atoms with van der Waals surface area (Å²) in [6, 6.07) is 10.1. The quantitative estimate of drug-likeness (QED) is 0.439. The van der Waals surface area contributed by atoms with Crippen molar-refractivity contribution in [2.24, 2.45) is 5.10 Å². The Morgan fingerprint density at radius 3 is 2.52 bits per heavy atom. The minimum absolute atomic E-state index is 0. The third kappa shape index (κ3) is 6.07. The Morgan fingerprint density at radius 1 is 1.17 bits per heavy atom. The van der Waals surface area contributed by atoms with E-state index >= 15 is 0 Å². The second-order valence-corrected chi connectivity index (χ2v) is 4.46. The summed E-state index contributed by atoms with van der Waals surface area (Å²) >= 11 is 0. The maximum atomic E-state index is 12.5. The highest BCUT2D eigenvalue weighted by Crippen LogP contribution is 2.29. The monoisotopic (exact) mass is 343 g/mol. The molecule has 1 aromatic heterocycles. The van der Waals surface area contributed by atoms with Crippen molar-refractivity contribution in [1.82, 2.24) is 5.43 Å². The maximum absolute atomic E-state index is 12.5. The van der Waals surface area contributed by atoms with Gasteiger partial charge in [0.05, 0.1) is 11.8 Å². The molecule has 1 aromatic carbocycles. The molecule has 8 heteroatoms. The highest BCUT2D eigenvalue weighted by atomic mass is 35.5. The van der Waals surface area contributed by atoms with Gasteiger partial charge in [-0.25, -0.2) is 5.43 Å². The van der Waals surface area contributed by atoms with E-state index in [4.69, 9.17) is 0 Å². The summed E-state index contributed by atoms with van der Waals surface area (Å²) in [5.41, 5.74) is 1.76. The molecule has 2 aromatic rings.